The van der Waals surface area contributed by atoms with Crippen molar-refractivity contribution in [1.82, 2.24) is 0 Å². The van der Waals surface area contributed by atoms with Gasteiger partial charge in [0, 0.05) is 141 Å². The highest BCUT2D eigenvalue weighted by Gasteiger charge is 2.18. The monoisotopic (exact) mass is 1920 g/mol. The first kappa shape index (κ1) is 90.3. The summed E-state index contributed by atoms with van der Waals surface area (Å²) in [6, 6.07) is 168. The van der Waals surface area contributed by atoms with E-state index in [-0.39, 0.29) is 0 Å². The van der Waals surface area contributed by atoms with Gasteiger partial charge < -0.3 is 0 Å². The molecule has 7 heterocycles. The van der Waals surface area contributed by atoms with Gasteiger partial charge in [-0.15, -0.1) is 79.4 Å². The van der Waals surface area contributed by atoms with Gasteiger partial charge in [0.2, 0.25) is 0 Å². The smallest absolute Gasteiger partial charge is 0.0433 e. The molecule has 0 N–H and O–H groups in total. The fraction of sp³-hybridized carbons (Fsp3) is 0.0526. The molecular formula is C133H98S7. The molecule has 0 bridgehead atoms. The van der Waals surface area contributed by atoms with Gasteiger partial charge in [-0.05, 0) is 204 Å². The Morgan fingerprint density at radius 1 is 0.114 bits per heavy atom. The van der Waals surface area contributed by atoms with Crippen LogP contribution in [0.5, 0.6) is 0 Å². The molecule has 7 heteroatoms. The van der Waals surface area contributed by atoms with Crippen molar-refractivity contribution >= 4 is 221 Å². The van der Waals surface area contributed by atoms with Gasteiger partial charge in [0.25, 0.3) is 0 Å². The van der Waals surface area contributed by atoms with E-state index in [0.29, 0.717) is 0 Å². The lowest BCUT2D eigenvalue weighted by molar-refractivity contribution is 1.46. The number of fused-ring (bicyclic) bond motifs is 21. The van der Waals surface area contributed by atoms with Crippen molar-refractivity contribution < 1.29 is 0 Å². The molecule has 0 saturated carbocycles. The summed E-state index contributed by atoms with van der Waals surface area (Å²) in [4.78, 5) is 0. The number of thiophene rings is 7. The summed E-state index contributed by atoms with van der Waals surface area (Å²) < 4.78 is 19.2. The predicted octanol–water partition coefficient (Wildman–Crippen LogP) is 42.2. The van der Waals surface area contributed by atoms with Gasteiger partial charge in [-0.25, -0.2) is 0 Å². The summed E-state index contributed by atoms with van der Waals surface area (Å²) in [6.45, 7) is 15.1. The van der Waals surface area contributed by atoms with Crippen molar-refractivity contribution in [3.63, 3.8) is 0 Å². The molecule has 0 amide bonds. The Labute approximate surface area is 845 Å². The summed E-state index contributed by atoms with van der Waals surface area (Å²) in [7, 11) is 0. The molecule has 0 aliphatic carbocycles. The van der Waals surface area contributed by atoms with E-state index in [1.165, 1.54) is 258 Å². The molecule has 0 nitrogen and oxygen atoms in total. The van der Waals surface area contributed by atoms with Crippen LogP contribution in [0.1, 0.15) is 38.9 Å². The van der Waals surface area contributed by atoms with Crippen molar-refractivity contribution in [2.75, 3.05) is 0 Å². The van der Waals surface area contributed by atoms with Crippen molar-refractivity contribution in [3.05, 3.63) is 506 Å². The molecule has 21 aromatic carbocycles. The van der Waals surface area contributed by atoms with Crippen molar-refractivity contribution in [2.45, 2.75) is 48.5 Å². The molecule has 672 valence electrons. The van der Waals surface area contributed by atoms with Gasteiger partial charge in [0.05, 0.1) is 0 Å². The van der Waals surface area contributed by atoms with Crippen LogP contribution in [0.2, 0.25) is 0 Å². The van der Waals surface area contributed by atoms with Crippen molar-refractivity contribution in [2.24, 2.45) is 0 Å². The van der Waals surface area contributed by atoms with Crippen molar-refractivity contribution in [1.29, 1.82) is 0 Å². The number of benzene rings is 21. The van der Waals surface area contributed by atoms with Gasteiger partial charge in [-0.2, -0.15) is 0 Å². The maximum atomic E-state index is 2.33. The van der Waals surface area contributed by atoms with Crippen LogP contribution in [0.4, 0.5) is 0 Å². The molecule has 0 radical (unpaired) electrons. The molecule has 0 spiro atoms. The van der Waals surface area contributed by atoms with E-state index in [4.69, 9.17) is 0 Å². The Hall–Kier alpha value is -14.8. The lowest BCUT2D eigenvalue weighted by Gasteiger charge is -2.06. The minimum absolute atomic E-state index is 1.29. The average Bonchev–Trinajstić information content (AvgIpc) is 1.64. The van der Waals surface area contributed by atoms with E-state index >= 15 is 0 Å². The predicted molar refractivity (Wildman–Crippen MR) is 627 cm³/mol. The molecular weight excluding hydrogens is 1820 g/mol. The average molecular weight is 1920 g/mol. The van der Waals surface area contributed by atoms with Crippen molar-refractivity contribution in [3.8, 4) is 77.9 Å². The maximum absolute atomic E-state index is 2.33. The van der Waals surface area contributed by atoms with Crippen LogP contribution in [0.3, 0.4) is 0 Å². The quantitative estimate of drug-likeness (QED) is 0.149. The molecule has 140 heavy (non-hydrogen) atoms. The van der Waals surface area contributed by atoms with Crippen LogP contribution in [-0.4, -0.2) is 0 Å². The molecule has 0 aliphatic rings. The van der Waals surface area contributed by atoms with E-state index in [1.54, 1.807) is 0 Å². The number of hydrogen-bond donors (Lipinski definition) is 0. The Balaban J connectivity index is 0.0000000939. The fourth-order valence-electron chi connectivity index (χ4n) is 19.3. The highest BCUT2D eigenvalue weighted by molar-refractivity contribution is 7.28. The lowest BCUT2D eigenvalue weighted by Crippen LogP contribution is -1.82. The second-order valence-corrected chi connectivity index (χ2v) is 43.4. The molecule has 0 aliphatic heterocycles. The molecule has 0 unspecified atom stereocenters. The molecule has 28 rings (SSSR count). The molecule has 0 atom stereocenters. The Morgan fingerprint density at radius 3 is 0.871 bits per heavy atom. The van der Waals surface area contributed by atoms with Gasteiger partial charge >= 0.3 is 0 Å². The third kappa shape index (κ3) is 18.6. The zero-order valence-electron chi connectivity index (χ0n) is 78.8. The van der Waals surface area contributed by atoms with E-state index < -0.39 is 0 Å². The van der Waals surface area contributed by atoms with Crippen LogP contribution >= 0.6 is 79.4 Å². The fourth-order valence-corrected chi connectivity index (χ4v) is 27.7. The zero-order valence-corrected chi connectivity index (χ0v) is 84.5. The minimum atomic E-state index is 1.29. The molecule has 7 aromatic heterocycles. The highest BCUT2D eigenvalue weighted by atomic mass is 32.1. The summed E-state index contributed by atoms with van der Waals surface area (Å²) in [5.74, 6) is 0. The van der Waals surface area contributed by atoms with E-state index in [9.17, 15) is 0 Å². The SMILES string of the molecule is Cc1ccc(-c2ccc3c(c2)sc2ccccc23)cc1.Cc1ccc(-c2cccc3c2sc2ccccc23)cc1.Cc1cccc(-c2ccc3c(c2)sc2ccccc23)c1.Cc1cccc(-c2cccc3c2sc2ccccc23)c1.Cc1cccc2c1sc1c(-c3ccccc3)cccc12.Cc1ccccc1-c1ccc2sc3ccccc3c2c1.Cc1ccccc1-c1cccc2c1sc1ccccc12. The van der Waals surface area contributed by atoms with E-state index in [2.05, 4.69) is 516 Å². The normalized spacial score (nSPS) is 11.2. The minimum Gasteiger partial charge on any atom is -0.135 e. The van der Waals surface area contributed by atoms with Gasteiger partial charge in [-0.1, -0.05) is 429 Å². The lowest BCUT2D eigenvalue weighted by atomic mass is 9.99. The first-order chi connectivity index (χ1) is 68.8. The van der Waals surface area contributed by atoms with Gasteiger partial charge in [0.1, 0.15) is 0 Å². The van der Waals surface area contributed by atoms with Crippen LogP contribution in [0.15, 0.2) is 467 Å². The molecule has 28 aromatic rings. The van der Waals surface area contributed by atoms with Crippen LogP contribution < -0.4 is 0 Å². The summed E-state index contributed by atoms with van der Waals surface area (Å²) >= 11 is 13.2. The van der Waals surface area contributed by atoms with Crippen LogP contribution in [0, 0.1) is 48.5 Å². The zero-order chi connectivity index (χ0) is 94.7. The van der Waals surface area contributed by atoms with Crippen LogP contribution in [-0.2, 0) is 0 Å². The Bertz CT molecular complexity index is 9400. The largest absolute Gasteiger partial charge is 0.135 e. The third-order valence-corrected chi connectivity index (χ3v) is 34.9. The number of aryl methyl sites for hydroxylation is 7. The Morgan fingerprint density at radius 2 is 0.386 bits per heavy atom. The number of hydrogen-bond acceptors (Lipinski definition) is 7. The topological polar surface area (TPSA) is 0 Å². The maximum Gasteiger partial charge on any atom is 0.0433 e. The summed E-state index contributed by atoms with van der Waals surface area (Å²) in [5.41, 5.74) is 27.6. The molecule has 0 fully saturated rings. The van der Waals surface area contributed by atoms with Gasteiger partial charge in [-0.3, -0.25) is 0 Å². The summed E-state index contributed by atoms with van der Waals surface area (Å²) in [5, 5.41) is 19.1. The van der Waals surface area contributed by atoms with Crippen LogP contribution in [0.25, 0.3) is 219 Å². The summed E-state index contributed by atoms with van der Waals surface area (Å²) in [6.07, 6.45) is 0. The van der Waals surface area contributed by atoms with Gasteiger partial charge in [0.15, 0.2) is 0 Å². The standard InChI is InChI=1S/7C19H14S/c1-13-6-4-7-14(12-13)15-9-5-10-17-16-8-2-3-11-18(16)20-19(15)17;1-13-7-2-3-8-14(13)16-10-6-11-17-15-9-4-5-12-18(15)20-19(16)17;1-13-5-4-6-14(11-13)15-9-10-17-16-7-2-3-8-18(16)20-19(17)12-15;1-13-6-2-3-7-15(13)14-10-11-19-17(12-14)16-8-4-5-9-18(16)20-19;1-13-9-11-14(12-10-13)15-6-4-7-17-16-5-2-3-8-18(16)20-19(15)17;1-13-7-5-11-16-17-12-6-10-15(19(17)20-18(13)16)14-8-3-2-4-9-14;1-13-6-8-14(9-7-13)15-10-11-17-16-4-2-3-5-18(16)20-19(17)12-15/h7*2-12H,1H3. The number of rotatable bonds is 7. The second kappa shape index (κ2) is 40.3. The molecule has 0 saturated heterocycles. The van der Waals surface area contributed by atoms with E-state index in [0.717, 1.165) is 0 Å². The highest BCUT2D eigenvalue weighted by Crippen LogP contribution is 2.48. The first-order valence-electron chi connectivity index (χ1n) is 47.6. The van der Waals surface area contributed by atoms with E-state index in [1.807, 2.05) is 79.4 Å². The third-order valence-electron chi connectivity index (χ3n) is 26.5. The first-order valence-corrected chi connectivity index (χ1v) is 53.3. The Kier molecular flexibility index (Phi) is 26.0. The second-order valence-electron chi connectivity index (χ2n) is 36.0.